The third-order valence-corrected chi connectivity index (χ3v) is 6.54. The lowest BCUT2D eigenvalue weighted by Gasteiger charge is -2.37. The summed E-state index contributed by atoms with van der Waals surface area (Å²) in [7, 11) is 0. The first kappa shape index (κ1) is 23.5. The van der Waals surface area contributed by atoms with E-state index >= 15 is 0 Å². The van der Waals surface area contributed by atoms with Gasteiger partial charge < -0.3 is 14.5 Å². The van der Waals surface area contributed by atoms with Gasteiger partial charge in [0.15, 0.2) is 5.82 Å². The highest BCUT2D eigenvalue weighted by Crippen LogP contribution is 2.28. The summed E-state index contributed by atoms with van der Waals surface area (Å²) in [5.74, 6) is 1.52. The van der Waals surface area contributed by atoms with Crippen molar-refractivity contribution in [3.63, 3.8) is 0 Å². The lowest BCUT2D eigenvalue weighted by Crippen LogP contribution is -2.50. The van der Waals surface area contributed by atoms with Gasteiger partial charge in [-0.25, -0.2) is 0 Å². The largest absolute Gasteiger partial charge is 0.494 e. The predicted octanol–water partition coefficient (Wildman–Crippen LogP) is 5.02. The van der Waals surface area contributed by atoms with E-state index in [2.05, 4.69) is 15.1 Å². The van der Waals surface area contributed by atoms with Crippen LogP contribution in [0.4, 0.5) is 5.82 Å². The van der Waals surface area contributed by atoms with Crippen LogP contribution in [0.15, 0.2) is 97.1 Å². The van der Waals surface area contributed by atoms with Crippen molar-refractivity contribution in [3.8, 4) is 17.0 Å². The molecule has 0 saturated carbocycles. The van der Waals surface area contributed by atoms with Gasteiger partial charge in [0.05, 0.1) is 18.2 Å². The van der Waals surface area contributed by atoms with Crippen LogP contribution in [0.5, 0.6) is 5.75 Å². The van der Waals surface area contributed by atoms with Gasteiger partial charge in [0.1, 0.15) is 5.75 Å². The molecule has 1 saturated heterocycles. The molecule has 3 aromatic carbocycles. The molecule has 0 atom stereocenters. The van der Waals surface area contributed by atoms with Crippen LogP contribution in [-0.4, -0.2) is 53.8 Å². The predicted molar refractivity (Wildman–Crippen MR) is 142 cm³/mol. The summed E-state index contributed by atoms with van der Waals surface area (Å²) in [6.45, 7) is 5.36. The standard InChI is InChI=1S/C30H30N4O2/c1-2-36-26-15-13-23(14-16-26)27-17-18-28(32-31-27)33-19-21-34(22-20-33)30(35)29(24-9-5-3-6-10-24)25-11-7-4-8-12-25/h3-18,29H,2,19-22H2,1H3. The van der Waals surface area contributed by atoms with Gasteiger partial charge in [-0.05, 0) is 54.4 Å². The molecule has 6 nitrogen and oxygen atoms in total. The van der Waals surface area contributed by atoms with Crippen molar-refractivity contribution in [1.29, 1.82) is 0 Å². The number of anilines is 1. The molecule has 0 bridgehead atoms. The quantitative estimate of drug-likeness (QED) is 0.373. The first-order valence-electron chi connectivity index (χ1n) is 12.4. The molecule has 0 spiro atoms. The van der Waals surface area contributed by atoms with Crippen molar-refractivity contribution in [2.24, 2.45) is 0 Å². The second kappa shape index (κ2) is 11.0. The zero-order valence-electron chi connectivity index (χ0n) is 20.5. The van der Waals surface area contributed by atoms with Crippen molar-refractivity contribution in [1.82, 2.24) is 15.1 Å². The van der Waals surface area contributed by atoms with Gasteiger partial charge in [-0.1, -0.05) is 60.7 Å². The maximum Gasteiger partial charge on any atom is 0.234 e. The highest BCUT2D eigenvalue weighted by Gasteiger charge is 2.30. The molecule has 0 unspecified atom stereocenters. The molecule has 36 heavy (non-hydrogen) atoms. The molecule has 0 aliphatic carbocycles. The Kier molecular flexibility index (Phi) is 7.22. The smallest absolute Gasteiger partial charge is 0.234 e. The number of aromatic nitrogens is 2. The van der Waals surface area contributed by atoms with Gasteiger partial charge in [-0.2, -0.15) is 0 Å². The maximum atomic E-state index is 13.7. The fraction of sp³-hybridized carbons (Fsp3) is 0.233. The molecule has 4 aromatic rings. The van der Waals surface area contributed by atoms with E-state index in [0.717, 1.165) is 47.0 Å². The number of benzene rings is 3. The summed E-state index contributed by atoms with van der Waals surface area (Å²) in [4.78, 5) is 17.8. The van der Waals surface area contributed by atoms with E-state index in [1.54, 1.807) is 0 Å². The van der Waals surface area contributed by atoms with Crippen molar-refractivity contribution in [2.45, 2.75) is 12.8 Å². The molecular formula is C30H30N4O2. The number of carbonyl (C=O) groups is 1. The number of rotatable bonds is 7. The number of ether oxygens (including phenoxy) is 1. The van der Waals surface area contributed by atoms with Gasteiger partial charge in [-0.3, -0.25) is 4.79 Å². The monoisotopic (exact) mass is 478 g/mol. The first-order chi connectivity index (χ1) is 17.7. The van der Waals surface area contributed by atoms with Crippen molar-refractivity contribution in [3.05, 3.63) is 108 Å². The molecule has 0 radical (unpaired) electrons. The number of piperazine rings is 1. The molecule has 1 aliphatic heterocycles. The SMILES string of the molecule is CCOc1ccc(-c2ccc(N3CCN(C(=O)C(c4ccccc4)c4ccccc4)CC3)nn2)cc1. The van der Waals surface area contributed by atoms with Crippen molar-refractivity contribution in [2.75, 3.05) is 37.7 Å². The molecule has 5 rings (SSSR count). The van der Waals surface area contributed by atoms with E-state index in [-0.39, 0.29) is 11.8 Å². The number of carbonyl (C=O) groups excluding carboxylic acids is 1. The van der Waals surface area contributed by atoms with Crippen molar-refractivity contribution < 1.29 is 9.53 Å². The fourth-order valence-corrected chi connectivity index (χ4v) is 4.64. The third-order valence-electron chi connectivity index (χ3n) is 6.54. The molecule has 182 valence electrons. The molecule has 1 aromatic heterocycles. The first-order valence-corrected chi connectivity index (χ1v) is 12.4. The van der Waals surface area contributed by atoms with Crippen LogP contribution in [0.2, 0.25) is 0 Å². The topological polar surface area (TPSA) is 58.6 Å². The number of amides is 1. The Labute approximate surface area is 212 Å². The zero-order chi connectivity index (χ0) is 24.7. The summed E-state index contributed by atoms with van der Waals surface area (Å²) in [6.07, 6.45) is 0. The van der Waals surface area contributed by atoms with E-state index < -0.39 is 0 Å². The Morgan fingerprint density at radius 1 is 0.778 bits per heavy atom. The second-order valence-electron chi connectivity index (χ2n) is 8.80. The molecule has 1 aliphatic rings. The third kappa shape index (κ3) is 5.23. The Balaban J connectivity index is 1.25. The minimum absolute atomic E-state index is 0.143. The Hall–Kier alpha value is -4.19. The number of hydrogen-bond donors (Lipinski definition) is 0. The van der Waals surface area contributed by atoms with E-state index in [4.69, 9.17) is 4.74 Å². The van der Waals surface area contributed by atoms with Crippen LogP contribution in [-0.2, 0) is 4.79 Å². The summed E-state index contributed by atoms with van der Waals surface area (Å²) in [5, 5.41) is 8.93. The Morgan fingerprint density at radius 3 is 1.92 bits per heavy atom. The van der Waals surface area contributed by atoms with Gasteiger partial charge in [0.2, 0.25) is 5.91 Å². The van der Waals surface area contributed by atoms with E-state index in [1.807, 2.05) is 109 Å². The minimum atomic E-state index is -0.299. The summed E-state index contributed by atoms with van der Waals surface area (Å²) in [6, 6.07) is 32.0. The lowest BCUT2D eigenvalue weighted by atomic mass is 9.90. The fourth-order valence-electron chi connectivity index (χ4n) is 4.64. The zero-order valence-corrected chi connectivity index (χ0v) is 20.5. The van der Waals surface area contributed by atoms with E-state index in [0.29, 0.717) is 19.7 Å². The molecule has 0 N–H and O–H groups in total. The van der Waals surface area contributed by atoms with Gasteiger partial charge >= 0.3 is 0 Å². The number of hydrogen-bond acceptors (Lipinski definition) is 5. The summed E-state index contributed by atoms with van der Waals surface area (Å²) < 4.78 is 5.51. The summed E-state index contributed by atoms with van der Waals surface area (Å²) >= 11 is 0. The normalized spacial score (nSPS) is 13.6. The highest BCUT2D eigenvalue weighted by molar-refractivity contribution is 5.87. The molecule has 6 heteroatoms. The average molecular weight is 479 g/mol. The van der Waals surface area contributed by atoms with Crippen molar-refractivity contribution >= 4 is 11.7 Å². The molecular weight excluding hydrogens is 448 g/mol. The van der Waals surface area contributed by atoms with Crippen LogP contribution >= 0.6 is 0 Å². The van der Waals surface area contributed by atoms with Gasteiger partial charge in [0.25, 0.3) is 0 Å². The summed E-state index contributed by atoms with van der Waals surface area (Å²) in [5.41, 5.74) is 3.86. The number of nitrogens with zero attached hydrogens (tertiary/aromatic N) is 4. The van der Waals surface area contributed by atoms with Gasteiger partial charge in [-0.15, -0.1) is 10.2 Å². The molecule has 2 heterocycles. The van der Waals surface area contributed by atoms with E-state index in [9.17, 15) is 4.79 Å². The Morgan fingerprint density at radius 2 is 1.39 bits per heavy atom. The molecule has 1 fully saturated rings. The second-order valence-corrected chi connectivity index (χ2v) is 8.80. The van der Waals surface area contributed by atoms with Crippen LogP contribution in [0.3, 0.4) is 0 Å². The lowest BCUT2D eigenvalue weighted by molar-refractivity contribution is -0.132. The molecule has 1 amide bonds. The van der Waals surface area contributed by atoms with Crippen LogP contribution in [0.1, 0.15) is 24.0 Å². The Bertz CT molecular complexity index is 1210. The van der Waals surface area contributed by atoms with E-state index in [1.165, 1.54) is 0 Å². The average Bonchev–Trinajstić information content (AvgIpc) is 2.95. The highest BCUT2D eigenvalue weighted by atomic mass is 16.5. The van der Waals surface area contributed by atoms with Crippen LogP contribution < -0.4 is 9.64 Å². The van der Waals surface area contributed by atoms with Crippen LogP contribution in [0, 0.1) is 0 Å². The van der Waals surface area contributed by atoms with Gasteiger partial charge in [0, 0.05) is 31.7 Å². The van der Waals surface area contributed by atoms with Crippen LogP contribution in [0.25, 0.3) is 11.3 Å². The minimum Gasteiger partial charge on any atom is -0.494 e. The maximum absolute atomic E-state index is 13.7.